The molecule has 0 aromatic heterocycles. The van der Waals surface area contributed by atoms with Crippen LogP contribution in [0.15, 0.2) is 36.4 Å². The second-order valence-electron chi connectivity index (χ2n) is 5.31. The zero-order valence-corrected chi connectivity index (χ0v) is 12.9. The van der Waals surface area contributed by atoms with Gasteiger partial charge in [-0.15, -0.1) is 0 Å². The predicted molar refractivity (Wildman–Crippen MR) is 84.6 cm³/mol. The van der Waals surface area contributed by atoms with E-state index in [1.54, 1.807) is 17.1 Å². The molecular weight excluding hydrogens is 286 g/mol. The highest BCUT2D eigenvalue weighted by molar-refractivity contribution is 7.92. The zero-order valence-electron chi connectivity index (χ0n) is 12.1. The largest absolute Gasteiger partial charge is 0.342 e. The van der Waals surface area contributed by atoms with Crippen LogP contribution in [0.5, 0.6) is 0 Å². The summed E-state index contributed by atoms with van der Waals surface area (Å²) in [4.78, 5) is 13.6. The molecule has 1 aromatic carbocycles. The lowest BCUT2D eigenvalue weighted by atomic mass is 10.1. The Morgan fingerprint density at radius 3 is 2.43 bits per heavy atom. The predicted octanol–water partition coefficient (Wildman–Crippen LogP) is 2.13. The molecule has 0 spiro atoms. The monoisotopic (exact) mass is 307 g/mol. The van der Waals surface area contributed by atoms with Crippen LogP contribution >= 0.6 is 0 Å². The van der Waals surface area contributed by atoms with E-state index < -0.39 is 9.84 Å². The molecule has 21 heavy (non-hydrogen) atoms. The first-order valence-electron chi connectivity index (χ1n) is 7.27. The summed E-state index contributed by atoms with van der Waals surface area (Å²) < 4.78 is 24.0. The van der Waals surface area contributed by atoms with E-state index in [4.69, 9.17) is 0 Å². The van der Waals surface area contributed by atoms with E-state index in [0.717, 1.165) is 24.8 Å². The Morgan fingerprint density at radius 1 is 1.10 bits per heavy atom. The van der Waals surface area contributed by atoms with E-state index in [1.807, 2.05) is 30.3 Å². The molecule has 1 amide bonds. The van der Waals surface area contributed by atoms with Crippen LogP contribution in [0.2, 0.25) is 0 Å². The molecule has 1 aliphatic rings. The molecule has 0 radical (unpaired) electrons. The van der Waals surface area contributed by atoms with Crippen molar-refractivity contribution in [3.63, 3.8) is 0 Å². The molecule has 0 saturated carbocycles. The molecule has 0 bridgehead atoms. The minimum atomic E-state index is -3.38. The van der Waals surface area contributed by atoms with Crippen LogP contribution in [0.3, 0.4) is 0 Å². The fraction of sp³-hybridized carbons (Fsp3) is 0.438. The van der Waals surface area contributed by atoms with Crippen molar-refractivity contribution in [1.29, 1.82) is 0 Å². The number of carbonyl (C=O) groups is 1. The molecule has 4 nitrogen and oxygen atoms in total. The standard InChI is InChI=1S/C16H21NO3S/c18-16(17-11-5-2-6-12-17)14-21(19,20)13-7-10-15-8-3-1-4-9-15/h1,3-4,7-10H,2,5-6,11-14H2/b10-7-. The van der Waals surface area contributed by atoms with Gasteiger partial charge in [-0.2, -0.15) is 0 Å². The highest BCUT2D eigenvalue weighted by Gasteiger charge is 2.22. The maximum absolute atomic E-state index is 12.0. The quantitative estimate of drug-likeness (QED) is 0.837. The Bertz CT molecular complexity index is 587. The van der Waals surface area contributed by atoms with Crippen LogP contribution < -0.4 is 0 Å². The molecule has 2 rings (SSSR count). The Hall–Kier alpha value is -1.62. The van der Waals surface area contributed by atoms with Gasteiger partial charge >= 0.3 is 0 Å². The number of benzene rings is 1. The Balaban J connectivity index is 1.86. The van der Waals surface area contributed by atoms with E-state index in [2.05, 4.69) is 0 Å². The minimum absolute atomic E-state index is 0.0958. The van der Waals surface area contributed by atoms with Gasteiger partial charge < -0.3 is 4.90 Å². The van der Waals surface area contributed by atoms with Crippen molar-refractivity contribution in [1.82, 2.24) is 4.90 Å². The number of hydrogen-bond acceptors (Lipinski definition) is 3. The fourth-order valence-electron chi connectivity index (χ4n) is 2.38. The third-order valence-electron chi connectivity index (χ3n) is 3.51. The first-order chi connectivity index (χ1) is 10.1. The first-order valence-corrected chi connectivity index (χ1v) is 9.09. The number of likely N-dealkylation sites (tertiary alicyclic amines) is 1. The number of piperidine rings is 1. The first kappa shape index (κ1) is 15.8. The maximum Gasteiger partial charge on any atom is 0.237 e. The van der Waals surface area contributed by atoms with E-state index in [1.165, 1.54) is 0 Å². The van der Waals surface area contributed by atoms with Gasteiger partial charge in [-0.25, -0.2) is 8.42 Å². The molecule has 5 heteroatoms. The lowest BCUT2D eigenvalue weighted by Gasteiger charge is -2.26. The average molecular weight is 307 g/mol. The van der Waals surface area contributed by atoms with E-state index in [9.17, 15) is 13.2 Å². The summed E-state index contributed by atoms with van der Waals surface area (Å²) in [7, 11) is -3.38. The van der Waals surface area contributed by atoms with Crippen molar-refractivity contribution >= 4 is 21.8 Å². The van der Waals surface area contributed by atoms with Crippen molar-refractivity contribution in [3.8, 4) is 0 Å². The lowest BCUT2D eigenvalue weighted by Crippen LogP contribution is -2.39. The number of hydrogen-bond donors (Lipinski definition) is 0. The SMILES string of the molecule is O=C(CS(=O)(=O)C/C=C\c1ccccc1)N1CCCCC1. The molecule has 0 aliphatic carbocycles. The van der Waals surface area contributed by atoms with Gasteiger partial charge in [0.05, 0.1) is 5.75 Å². The Kier molecular flexibility index (Phi) is 5.56. The fourth-order valence-corrected chi connectivity index (χ4v) is 3.44. The van der Waals surface area contributed by atoms with Crippen molar-refractivity contribution in [2.75, 3.05) is 24.6 Å². The molecule has 0 N–H and O–H groups in total. The lowest BCUT2D eigenvalue weighted by molar-refractivity contribution is -0.129. The van der Waals surface area contributed by atoms with Gasteiger partial charge in [0.2, 0.25) is 5.91 Å². The number of amides is 1. The topological polar surface area (TPSA) is 54.5 Å². The molecule has 1 aromatic rings. The van der Waals surface area contributed by atoms with Gasteiger partial charge in [0, 0.05) is 13.1 Å². The van der Waals surface area contributed by atoms with Crippen LogP contribution in [0.4, 0.5) is 0 Å². The van der Waals surface area contributed by atoms with Crippen LogP contribution in [-0.4, -0.2) is 43.8 Å². The second-order valence-corrected chi connectivity index (χ2v) is 7.42. The van der Waals surface area contributed by atoms with Crippen LogP contribution in [0.1, 0.15) is 24.8 Å². The summed E-state index contributed by atoms with van der Waals surface area (Å²) in [6.07, 6.45) is 6.44. The number of rotatable bonds is 5. The van der Waals surface area contributed by atoms with Gasteiger partial charge in [-0.3, -0.25) is 4.79 Å². The van der Waals surface area contributed by atoms with Crippen LogP contribution in [0, 0.1) is 0 Å². The zero-order chi connectivity index (χ0) is 15.1. The third-order valence-corrected chi connectivity index (χ3v) is 4.90. The highest BCUT2D eigenvalue weighted by Crippen LogP contribution is 2.10. The summed E-state index contributed by atoms with van der Waals surface area (Å²) in [6.45, 7) is 1.38. The van der Waals surface area contributed by atoms with E-state index in [-0.39, 0.29) is 17.4 Å². The minimum Gasteiger partial charge on any atom is -0.342 e. The summed E-state index contributed by atoms with van der Waals surface area (Å²) in [6, 6.07) is 9.51. The van der Waals surface area contributed by atoms with Crippen molar-refractivity contribution in [3.05, 3.63) is 42.0 Å². The molecule has 1 fully saturated rings. The van der Waals surface area contributed by atoms with Gasteiger partial charge in [0.1, 0.15) is 5.75 Å². The number of nitrogens with zero attached hydrogens (tertiary/aromatic N) is 1. The van der Waals surface area contributed by atoms with Crippen molar-refractivity contribution in [2.24, 2.45) is 0 Å². The van der Waals surface area contributed by atoms with E-state index >= 15 is 0 Å². The summed E-state index contributed by atoms with van der Waals surface area (Å²) in [5.74, 6) is -0.740. The van der Waals surface area contributed by atoms with E-state index in [0.29, 0.717) is 13.1 Å². The molecule has 1 heterocycles. The van der Waals surface area contributed by atoms with Crippen molar-refractivity contribution in [2.45, 2.75) is 19.3 Å². The molecule has 0 unspecified atom stereocenters. The number of sulfone groups is 1. The third kappa shape index (κ3) is 5.34. The van der Waals surface area contributed by atoms with Gasteiger partial charge in [0.25, 0.3) is 0 Å². The summed E-state index contributed by atoms with van der Waals surface area (Å²) in [5.41, 5.74) is 0.954. The maximum atomic E-state index is 12.0. The van der Waals surface area contributed by atoms with Gasteiger partial charge in [0.15, 0.2) is 9.84 Å². The molecule has 114 valence electrons. The summed E-state index contributed by atoms with van der Waals surface area (Å²) >= 11 is 0. The normalized spacial score (nSPS) is 16.3. The highest BCUT2D eigenvalue weighted by atomic mass is 32.2. The number of carbonyl (C=O) groups excluding carboxylic acids is 1. The molecular formula is C16H21NO3S. The molecule has 1 saturated heterocycles. The molecule has 1 aliphatic heterocycles. The van der Waals surface area contributed by atoms with Gasteiger partial charge in [-0.1, -0.05) is 42.5 Å². The average Bonchev–Trinajstić information content (AvgIpc) is 2.48. The van der Waals surface area contributed by atoms with Crippen LogP contribution in [-0.2, 0) is 14.6 Å². The second kappa shape index (κ2) is 7.41. The smallest absolute Gasteiger partial charge is 0.237 e. The van der Waals surface area contributed by atoms with Crippen LogP contribution in [0.25, 0.3) is 6.08 Å². The Labute approximate surface area is 126 Å². The summed E-state index contributed by atoms with van der Waals surface area (Å²) in [5, 5.41) is 0. The van der Waals surface area contributed by atoms with Gasteiger partial charge in [-0.05, 0) is 24.8 Å². The van der Waals surface area contributed by atoms with Crippen molar-refractivity contribution < 1.29 is 13.2 Å². The molecule has 0 atom stereocenters. The Morgan fingerprint density at radius 2 is 1.76 bits per heavy atom.